The first-order valence-electron chi connectivity index (χ1n) is 7.08. The number of benzene rings is 1. The lowest BCUT2D eigenvalue weighted by molar-refractivity contribution is -0.385. The van der Waals surface area contributed by atoms with Crippen LogP contribution < -0.4 is 4.90 Å². The first-order chi connectivity index (χ1) is 11.0. The van der Waals surface area contributed by atoms with Crippen LogP contribution in [0.25, 0.3) is 0 Å². The molecule has 0 saturated carbocycles. The molecule has 1 aromatic carbocycles. The van der Waals surface area contributed by atoms with Crippen LogP contribution in [0.5, 0.6) is 0 Å². The first kappa shape index (κ1) is 16.4. The summed E-state index contributed by atoms with van der Waals surface area (Å²) in [6, 6.07) is 10.8. The molecule has 0 bridgehead atoms. The molecule has 0 spiro atoms. The van der Waals surface area contributed by atoms with Crippen molar-refractivity contribution in [3.05, 3.63) is 63.8 Å². The molecule has 120 valence electrons. The zero-order valence-corrected chi connectivity index (χ0v) is 12.7. The van der Waals surface area contributed by atoms with Gasteiger partial charge in [-0.2, -0.15) is 0 Å². The normalized spacial score (nSPS) is 10.3. The van der Waals surface area contributed by atoms with Crippen molar-refractivity contribution < 1.29 is 14.8 Å². The number of hydrogen-bond acceptors (Lipinski definition) is 5. The number of carboxylic acid groups (broad SMARTS) is 1. The number of rotatable bonds is 7. The largest absolute Gasteiger partial charge is 0.481 e. The molecule has 1 heterocycles. The maximum absolute atomic E-state index is 10.8. The second-order valence-corrected chi connectivity index (χ2v) is 5.18. The van der Waals surface area contributed by atoms with E-state index in [1.165, 1.54) is 18.3 Å². The molecule has 0 aliphatic heterocycles. The lowest BCUT2D eigenvalue weighted by atomic mass is 10.1. The second kappa shape index (κ2) is 7.35. The molecule has 0 saturated heterocycles. The summed E-state index contributed by atoms with van der Waals surface area (Å²) in [6.45, 7) is 2.75. The number of nitrogens with zero attached hydrogens (tertiary/aromatic N) is 3. The molecule has 0 aliphatic rings. The van der Waals surface area contributed by atoms with Gasteiger partial charge in [-0.3, -0.25) is 14.9 Å². The summed E-state index contributed by atoms with van der Waals surface area (Å²) in [5, 5.41) is 19.6. The highest BCUT2D eigenvalue weighted by Gasteiger charge is 2.13. The predicted octanol–water partition coefficient (Wildman–Crippen LogP) is 2.78. The number of nitro groups is 1. The Kier molecular flexibility index (Phi) is 5.24. The summed E-state index contributed by atoms with van der Waals surface area (Å²) in [5.74, 6) is -0.391. The van der Waals surface area contributed by atoms with Gasteiger partial charge in [-0.15, -0.1) is 0 Å². The van der Waals surface area contributed by atoms with Crippen LogP contribution in [-0.4, -0.2) is 27.5 Å². The van der Waals surface area contributed by atoms with Crippen molar-refractivity contribution in [3.8, 4) is 0 Å². The zero-order chi connectivity index (χ0) is 16.8. The molecular weight excluding hydrogens is 298 g/mol. The molecule has 7 nitrogen and oxygen atoms in total. The van der Waals surface area contributed by atoms with Crippen LogP contribution in [0.3, 0.4) is 0 Å². The van der Waals surface area contributed by atoms with Crippen molar-refractivity contribution in [2.75, 3.05) is 11.4 Å². The van der Waals surface area contributed by atoms with Crippen molar-refractivity contribution >= 4 is 17.5 Å². The number of aromatic nitrogens is 1. The van der Waals surface area contributed by atoms with Crippen molar-refractivity contribution in [1.82, 2.24) is 4.98 Å². The highest BCUT2D eigenvalue weighted by molar-refractivity contribution is 5.67. The van der Waals surface area contributed by atoms with E-state index < -0.39 is 10.9 Å². The van der Waals surface area contributed by atoms with Gasteiger partial charge in [0.05, 0.1) is 11.3 Å². The molecule has 0 radical (unpaired) electrons. The lowest BCUT2D eigenvalue weighted by Gasteiger charge is -2.23. The summed E-state index contributed by atoms with van der Waals surface area (Å²) in [5.41, 5.74) is 2.06. The summed E-state index contributed by atoms with van der Waals surface area (Å²) in [6.07, 6.45) is 1.14. The van der Waals surface area contributed by atoms with Gasteiger partial charge < -0.3 is 10.0 Å². The van der Waals surface area contributed by atoms with Crippen LogP contribution in [0.15, 0.2) is 42.6 Å². The summed E-state index contributed by atoms with van der Waals surface area (Å²) < 4.78 is 0. The van der Waals surface area contributed by atoms with Crippen molar-refractivity contribution in [2.45, 2.75) is 19.9 Å². The molecule has 23 heavy (non-hydrogen) atoms. The van der Waals surface area contributed by atoms with Gasteiger partial charge >= 0.3 is 5.97 Å². The Balaban J connectivity index is 2.20. The zero-order valence-electron chi connectivity index (χ0n) is 12.7. The van der Waals surface area contributed by atoms with E-state index in [0.717, 1.165) is 11.1 Å². The molecule has 0 aliphatic carbocycles. The van der Waals surface area contributed by atoms with E-state index in [1.807, 2.05) is 31.2 Å². The van der Waals surface area contributed by atoms with Gasteiger partial charge in [-0.1, -0.05) is 29.8 Å². The number of aliphatic carboxylic acids is 1. The number of aryl methyl sites for hydroxylation is 1. The molecule has 2 aromatic rings. The van der Waals surface area contributed by atoms with Crippen molar-refractivity contribution in [3.63, 3.8) is 0 Å². The van der Waals surface area contributed by atoms with E-state index in [0.29, 0.717) is 12.4 Å². The van der Waals surface area contributed by atoms with Gasteiger partial charge in [0.15, 0.2) is 0 Å². The Labute approximate surface area is 133 Å². The van der Waals surface area contributed by atoms with E-state index in [2.05, 4.69) is 4.98 Å². The molecule has 0 fully saturated rings. The van der Waals surface area contributed by atoms with Gasteiger partial charge in [0.2, 0.25) is 0 Å². The first-order valence-corrected chi connectivity index (χ1v) is 7.08. The van der Waals surface area contributed by atoms with Gasteiger partial charge in [-0.25, -0.2) is 4.98 Å². The van der Waals surface area contributed by atoms with Crippen LogP contribution in [0.4, 0.5) is 11.5 Å². The minimum absolute atomic E-state index is 0.0372. The molecule has 2 rings (SSSR count). The minimum Gasteiger partial charge on any atom is -0.481 e. The van der Waals surface area contributed by atoms with E-state index in [9.17, 15) is 14.9 Å². The predicted molar refractivity (Wildman–Crippen MR) is 85.4 cm³/mol. The summed E-state index contributed by atoms with van der Waals surface area (Å²) in [7, 11) is 0. The fourth-order valence-corrected chi connectivity index (χ4v) is 2.09. The maximum Gasteiger partial charge on any atom is 0.305 e. The third-order valence-corrected chi connectivity index (χ3v) is 3.36. The number of anilines is 1. The highest BCUT2D eigenvalue weighted by atomic mass is 16.6. The van der Waals surface area contributed by atoms with Gasteiger partial charge in [0.1, 0.15) is 12.0 Å². The molecular formula is C16H17N3O4. The van der Waals surface area contributed by atoms with Gasteiger partial charge in [0, 0.05) is 19.2 Å². The minimum atomic E-state index is -0.902. The van der Waals surface area contributed by atoms with Crippen LogP contribution in [-0.2, 0) is 11.3 Å². The topological polar surface area (TPSA) is 96.6 Å². The van der Waals surface area contributed by atoms with E-state index in [-0.39, 0.29) is 18.7 Å². The molecule has 0 atom stereocenters. The number of pyridine rings is 1. The number of carbonyl (C=O) groups is 1. The van der Waals surface area contributed by atoms with E-state index in [1.54, 1.807) is 4.90 Å². The highest BCUT2D eigenvalue weighted by Crippen LogP contribution is 2.18. The quantitative estimate of drug-likeness (QED) is 0.623. The summed E-state index contributed by atoms with van der Waals surface area (Å²) >= 11 is 0. The van der Waals surface area contributed by atoms with Crippen LogP contribution in [0.2, 0.25) is 0 Å². The number of hydrogen-bond donors (Lipinski definition) is 1. The van der Waals surface area contributed by atoms with E-state index in [4.69, 9.17) is 5.11 Å². The Morgan fingerprint density at radius 3 is 2.48 bits per heavy atom. The molecule has 0 amide bonds. The Morgan fingerprint density at radius 2 is 1.96 bits per heavy atom. The van der Waals surface area contributed by atoms with E-state index >= 15 is 0 Å². The van der Waals surface area contributed by atoms with Crippen LogP contribution in [0.1, 0.15) is 17.5 Å². The van der Waals surface area contributed by atoms with Gasteiger partial charge in [0.25, 0.3) is 5.69 Å². The van der Waals surface area contributed by atoms with Crippen molar-refractivity contribution in [2.24, 2.45) is 0 Å². The van der Waals surface area contributed by atoms with Crippen LogP contribution in [0, 0.1) is 17.0 Å². The molecule has 1 aromatic heterocycles. The van der Waals surface area contributed by atoms with Gasteiger partial charge in [-0.05, 0) is 18.6 Å². The smallest absolute Gasteiger partial charge is 0.305 e. The fourth-order valence-electron chi connectivity index (χ4n) is 2.09. The lowest BCUT2D eigenvalue weighted by Crippen LogP contribution is -2.26. The average Bonchev–Trinajstić information content (AvgIpc) is 2.53. The monoisotopic (exact) mass is 315 g/mol. The molecule has 0 unspecified atom stereocenters. The Hall–Kier alpha value is -2.96. The Bertz CT molecular complexity index is 683. The number of carboxylic acids is 1. The van der Waals surface area contributed by atoms with Crippen LogP contribution >= 0.6 is 0 Å². The van der Waals surface area contributed by atoms with Crippen molar-refractivity contribution in [1.29, 1.82) is 0 Å². The fraction of sp³-hybridized carbons (Fsp3) is 0.250. The maximum atomic E-state index is 10.8. The standard InChI is InChI=1S/C16H17N3O4/c1-12-2-4-13(5-3-12)11-18(9-8-16(20)21)15-7-6-14(10-17-15)19(22)23/h2-7,10H,8-9,11H2,1H3,(H,20,21). The third kappa shape index (κ3) is 4.77. The average molecular weight is 315 g/mol. The third-order valence-electron chi connectivity index (χ3n) is 3.36. The summed E-state index contributed by atoms with van der Waals surface area (Å²) in [4.78, 5) is 26.9. The SMILES string of the molecule is Cc1ccc(CN(CCC(=O)O)c2ccc([N+](=O)[O-])cn2)cc1. The second-order valence-electron chi connectivity index (χ2n) is 5.18. The molecule has 7 heteroatoms. The molecule has 1 N–H and O–H groups in total. The Morgan fingerprint density at radius 1 is 1.26 bits per heavy atom.